The molecule has 0 bridgehead atoms. The first-order chi connectivity index (χ1) is 14.6. The highest BCUT2D eigenvalue weighted by molar-refractivity contribution is 6.31. The number of rotatable bonds is 4. The summed E-state index contributed by atoms with van der Waals surface area (Å²) in [6.45, 7) is 2.38. The van der Waals surface area contributed by atoms with Crippen LogP contribution in [0.15, 0.2) is 65.8 Å². The average Bonchev–Trinajstić information content (AvgIpc) is 3.23. The Morgan fingerprint density at radius 1 is 1.13 bits per heavy atom. The summed E-state index contributed by atoms with van der Waals surface area (Å²) in [6.07, 6.45) is 1.70. The van der Waals surface area contributed by atoms with Crippen LogP contribution in [0.3, 0.4) is 0 Å². The molecule has 0 aliphatic carbocycles. The maximum atomic E-state index is 12.8. The van der Waals surface area contributed by atoms with Gasteiger partial charge in [0.25, 0.3) is 5.91 Å². The van der Waals surface area contributed by atoms with E-state index < -0.39 is 0 Å². The first-order valence-electron chi connectivity index (χ1n) is 9.27. The van der Waals surface area contributed by atoms with Gasteiger partial charge >= 0.3 is 0 Å². The van der Waals surface area contributed by atoms with Gasteiger partial charge in [-0.15, -0.1) is 0 Å². The van der Waals surface area contributed by atoms with E-state index in [9.17, 15) is 4.79 Å². The second-order valence-electron chi connectivity index (χ2n) is 6.59. The molecule has 0 radical (unpaired) electrons. The molecule has 4 rings (SSSR count). The minimum absolute atomic E-state index is 0.146. The van der Waals surface area contributed by atoms with Gasteiger partial charge in [0, 0.05) is 22.5 Å². The number of nitrogens with zero attached hydrogens (tertiary/aromatic N) is 2. The maximum Gasteiger partial charge on any atom is 0.258 e. The molecule has 1 amide bonds. The molecule has 2 heterocycles. The van der Waals surface area contributed by atoms with Crippen molar-refractivity contribution in [3.05, 3.63) is 82.6 Å². The molecule has 152 valence electrons. The van der Waals surface area contributed by atoms with Crippen LogP contribution >= 0.6 is 11.6 Å². The highest BCUT2D eigenvalue weighted by Crippen LogP contribution is 2.32. The van der Waals surface area contributed by atoms with Crippen LogP contribution in [-0.4, -0.2) is 23.6 Å². The smallest absolute Gasteiger partial charge is 0.258 e. The van der Waals surface area contributed by atoms with Crippen LogP contribution < -0.4 is 20.1 Å². The molecule has 2 aromatic carbocycles. The Bertz CT molecular complexity index is 1100. The van der Waals surface area contributed by atoms with E-state index in [0.29, 0.717) is 28.6 Å². The maximum absolute atomic E-state index is 12.8. The van der Waals surface area contributed by atoms with Gasteiger partial charge in [-0.05, 0) is 55.0 Å². The van der Waals surface area contributed by atoms with Crippen LogP contribution in [0.5, 0.6) is 11.5 Å². The van der Waals surface area contributed by atoms with Crippen LogP contribution in [0.25, 0.3) is 0 Å². The van der Waals surface area contributed by atoms with Gasteiger partial charge in [0.1, 0.15) is 0 Å². The molecule has 0 atom stereocenters. The zero-order valence-electron chi connectivity index (χ0n) is 16.2. The topological polar surface area (TPSA) is 84.8 Å². The molecule has 0 saturated carbocycles. The number of carbonyl (C=O) groups excluding carboxylic acids is 1. The number of ether oxygens (including phenoxy) is 2. The lowest BCUT2D eigenvalue weighted by atomic mass is 10.2. The summed E-state index contributed by atoms with van der Waals surface area (Å²) in [7, 11) is 0. The van der Waals surface area contributed by atoms with Crippen LogP contribution in [0.2, 0.25) is 5.02 Å². The number of hydrogen-bond donors (Lipinski definition) is 2. The number of anilines is 1. The van der Waals surface area contributed by atoms with E-state index in [-0.39, 0.29) is 18.7 Å². The van der Waals surface area contributed by atoms with Crippen LogP contribution in [0, 0.1) is 6.92 Å². The zero-order valence-corrected chi connectivity index (χ0v) is 16.9. The van der Waals surface area contributed by atoms with Gasteiger partial charge in [-0.3, -0.25) is 15.1 Å². The Kier molecular flexibility index (Phi) is 5.81. The Balaban J connectivity index is 1.57. The van der Waals surface area contributed by atoms with Gasteiger partial charge in [-0.2, -0.15) is 0 Å². The molecule has 3 aromatic rings. The van der Waals surface area contributed by atoms with Crippen molar-refractivity contribution in [3.63, 3.8) is 0 Å². The summed E-state index contributed by atoms with van der Waals surface area (Å²) in [5, 5.41) is 6.56. The summed E-state index contributed by atoms with van der Waals surface area (Å²) in [5.74, 6) is 1.10. The number of carbonyl (C=O) groups is 1. The number of halogens is 1. The number of nitrogens with one attached hydrogen (secondary N) is 2. The molecule has 8 heteroatoms. The van der Waals surface area contributed by atoms with E-state index >= 15 is 0 Å². The fraction of sp³-hybridized carbons (Fsp3) is 0.136. The quantitative estimate of drug-likeness (QED) is 0.487. The van der Waals surface area contributed by atoms with Gasteiger partial charge in [-0.1, -0.05) is 23.7 Å². The minimum Gasteiger partial charge on any atom is -0.454 e. The van der Waals surface area contributed by atoms with Gasteiger partial charge in [0.2, 0.25) is 12.8 Å². The predicted octanol–water partition coefficient (Wildman–Crippen LogP) is 4.17. The van der Waals surface area contributed by atoms with Crippen LogP contribution in [0.1, 0.15) is 21.6 Å². The van der Waals surface area contributed by atoms with Crippen molar-refractivity contribution in [2.75, 3.05) is 12.1 Å². The Labute approximate surface area is 178 Å². The summed E-state index contributed by atoms with van der Waals surface area (Å²) in [5.41, 5.74) is 2.90. The van der Waals surface area contributed by atoms with Crippen molar-refractivity contribution in [2.45, 2.75) is 13.5 Å². The average molecular weight is 423 g/mol. The molecule has 0 fully saturated rings. The van der Waals surface area contributed by atoms with Gasteiger partial charge in [-0.25, -0.2) is 4.99 Å². The Hall–Kier alpha value is -3.58. The highest BCUT2D eigenvalue weighted by Gasteiger charge is 2.17. The number of aryl methyl sites for hydroxylation is 1. The Morgan fingerprint density at radius 2 is 2.00 bits per heavy atom. The summed E-state index contributed by atoms with van der Waals surface area (Å²) in [4.78, 5) is 21.6. The molecule has 0 unspecified atom stereocenters. The van der Waals surface area contributed by atoms with E-state index in [2.05, 4.69) is 20.6 Å². The van der Waals surface area contributed by atoms with Crippen LogP contribution in [0.4, 0.5) is 5.69 Å². The van der Waals surface area contributed by atoms with Crippen molar-refractivity contribution in [2.24, 2.45) is 4.99 Å². The lowest BCUT2D eigenvalue weighted by molar-refractivity contribution is 0.0976. The second-order valence-corrected chi connectivity index (χ2v) is 7.03. The highest BCUT2D eigenvalue weighted by atomic mass is 35.5. The lowest BCUT2D eigenvalue weighted by Gasteiger charge is -2.14. The first kappa shape index (κ1) is 19.7. The number of pyridine rings is 1. The van der Waals surface area contributed by atoms with Crippen molar-refractivity contribution in [3.8, 4) is 11.5 Å². The summed E-state index contributed by atoms with van der Waals surface area (Å²) >= 11 is 6.13. The van der Waals surface area contributed by atoms with Crippen molar-refractivity contribution >= 4 is 29.2 Å². The number of guanidine groups is 1. The monoisotopic (exact) mass is 422 g/mol. The third-order valence-electron chi connectivity index (χ3n) is 4.44. The van der Waals surface area contributed by atoms with Gasteiger partial charge in [0.05, 0.1) is 12.2 Å². The third kappa shape index (κ3) is 4.69. The molecule has 1 aromatic heterocycles. The fourth-order valence-electron chi connectivity index (χ4n) is 2.84. The first-order valence-corrected chi connectivity index (χ1v) is 9.65. The molecule has 1 aliphatic rings. The third-order valence-corrected chi connectivity index (χ3v) is 4.68. The van der Waals surface area contributed by atoms with E-state index in [1.54, 1.807) is 36.5 Å². The summed E-state index contributed by atoms with van der Waals surface area (Å²) < 4.78 is 10.6. The molecule has 30 heavy (non-hydrogen) atoms. The fourth-order valence-corrected chi connectivity index (χ4v) is 3.01. The van der Waals surface area contributed by atoms with E-state index in [4.69, 9.17) is 21.1 Å². The number of fused-ring (bicyclic) bond motifs is 1. The van der Waals surface area contributed by atoms with E-state index in [1.165, 1.54) is 0 Å². The number of benzene rings is 2. The zero-order chi connectivity index (χ0) is 20.9. The normalized spacial score (nSPS) is 12.5. The molecule has 7 nitrogen and oxygen atoms in total. The minimum atomic E-state index is -0.333. The van der Waals surface area contributed by atoms with Crippen molar-refractivity contribution in [1.29, 1.82) is 0 Å². The number of aliphatic imine (C=N–C) groups is 1. The molecule has 0 saturated heterocycles. The Morgan fingerprint density at radius 3 is 2.83 bits per heavy atom. The molecule has 2 N–H and O–H groups in total. The molecular weight excluding hydrogens is 404 g/mol. The largest absolute Gasteiger partial charge is 0.454 e. The number of aromatic nitrogens is 1. The molecule has 1 aliphatic heterocycles. The van der Waals surface area contributed by atoms with E-state index in [0.717, 1.165) is 16.9 Å². The van der Waals surface area contributed by atoms with Crippen molar-refractivity contribution in [1.82, 2.24) is 10.3 Å². The SMILES string of the molecule is Cc1ccc(Cl)cc1NC(=NCc1ccccn1)NC(=O)c1ccc2c(c1)OCO2. The van der Waals surface area contributed by atoms with Gasteiger partial charge < -0.3 is 14.8 Å². The van der Waals surface area contributed by atoms with Crippen molar-refractivity contribution < 1.29 is 14.3 Å². The number of amides is 1. The predicted molar refractivity (Wildman–Crippen MR) is 115 cm³/mol. The standard InChI is InChI=1S/C22H19ClN4O3/c1-14-5-7-16(23)11-18(14)26-22(25-12-17-4-2-3-9-24-17)27-21(28)15-6-8-19-20(10-15)30-13-29-19/h2-11H,12-13H2,1H3,(H2,25,26,27,28). The lowest BCUT2D eigenvalue weighted by Crippen LogP contribution is -2.36. The number of hydrogen-bond acceptors (Lipinski definition) is 5. The van der Waals surface area contributed by atoms with Gasteiger partial charge in [0.15, 0.2) is 11.5 Å². The van der Waals surface area contributed by atoms with Crippen LogP contribution in [-0.2, 0) is 6.54 Å². The molecule has 0 spiro atoms. The second kappa shape index (κ2) is 8.84. The molecular formula is C22H19ClN4O3. The van der Waals surface area contributed by atoms with E-state index in [1.807, 2.05) is 31.2 Å². The summed E-state index contributed by atoms with van der Waals surface area (Å²) in [6, 6.07) is 16.1.